The van der Waals surface area contributed by atoms with Gasteiger partial charge in [-0.1, -0.05) is 88.7 Å². The summed E-state index contributed by atoms with van der Waals surface area (Å²) in [6.45, 7) is 16.5. The first-order valence-electron chi connectivity index (χ1n) is 23.5. The first kappa shape index (κ1) is 46.4. The maximum Gasteiger partial charge on any atom is 0.409 e. The summed E-state index contributed by atoms with van der Waals surface area (Å²) in [4.78, 5) is 61.1. The molecule has 2 saturated heterocycles. The van der Waals surface area contributed by atoms with E-state index in [0.29, 0.717) is 79.8 Å². The smallest absolute Gasteiger partial charge is 0.409 e. The van der Waals surface area contributed by atoms with Gasteiger partial charge in [0.25, 0.3) is 6.01 Å². The summed E-state index contributed by atoms with van der Waals surface area (Å²) in [6, 6.07) is 25.3. The number of fused-ring (bicyclic) bond motifs is 4. The monoisotopic (exact) mass is 899 g/mol. The maximum absolute atomic E-state index is 14.3. The van der Waals surface area contributed by atoms with Crippen molar-refractivity contribution in [2.24, 2.45) is 11.3 Å². The summed E-state index contributed by atoms with van der Waals surface area (Å²) in [7, 11) is 1.76. The standard InChI is InChI=1S/C52H65N7O7/c1-34-31-57(44(60)30-51(2,3)4)28-26-39(34)59-40-23-16-15-22-38(40)53-49(59)64-36-29-41(48(61)66-52(5,6)7)58(32-36)47-46-45(37-21-14-17-24-42(37)65-46)54-43(55-47)25-13-10-18-27-56(8)50(62)63-33-35-19-11-9-12-20-35/h9,11-12,14-17,19-24,34,36,39,41H,10,13,18,25-33H2,1-8H3/t34-,36-,39?,41-/m0/s1. The lowest BCUT2D eigenvalue weighted by Gasteiger charge is -2.39. The number of ether oxygens (including phenoxy) is 3. The Kier molecular flexibility index (Phi) is 13.6. The summed E-state index contributed by atoms with van der Waals surface area (Å²) in [5.41, 5.74) is 3.78. The third kappa shape index (κ3) is 10.7. The molecule has 0 N–H and O–H groups in total. The van der Waals surface area contributed by atoms with E-state index in [-0.39, 0.29) is 42.0 Å². The highest BCUT2D eigenvalue weighted by Crippen LogP contribution is 2.40. The van der Waals surface area contributed by atoms with E-state index in [4.69, 9.17) is 33.6 Å². The van der Waals surface area contributed by atoms with Gasteiger partial charge in [0, 0.05) is 57.4 Å². The molecule has 350 valence electrons. The number of aryl methyl sites for hydroxylation is 1. The molecule has 2 aliphatic rings. The molecule has 0 aliphatic carbocycles. The summed E-state index contributed by atoms with van der Waals surface area (Å²) in [5, 5.41) is 0.864. The zero-order valence-corrected chi connectivity index (χ0v) is 39.8. The molecule has 2 aliphatic heterocycles. The number of anilines is 1. The number of hydrogen-bond acceptors (Lipinski definition) is 11. The predicted molar refractivity (Wildman–Crippen MR) is 255 cm³/mol. The van der Waals surface area contributed by atoms with Crippen molar-refractivity contribution in [3.63, 3.8) is 0 Å². The van der Waals surface area contributed by atoms with Gasteiger partial charge in [-0.25, -0.2) is 19.6 Å². The maximum atomic E-state index is 14.3. The van der Waals surface area contributed by atoms with Gasteiger partial charge >= 0.3 is 12.1 Å². The highest BCUT2D eigenvalue weighted by Gasteiger charge is 2.44. The van der Waals surface area contributed by atoms with Crippen LogP contribution in [0.4, 0.5) is 10.6 Å². The van der Waals surface area contributed by atoms with Crippen molar-refractivity contribution in [1.82, 2.24) is 29.3 Å². The molecule has 1 unspecified atom stereocenters. The van der Waals surface area contributed by atoms with E-state index in [0.717, 1.165) is 47.7 Å². The Morgan fingerprint density at radius 3 is 2.36 bits per heavy atom. The van der Waals surface area contributed by atoms with Crippen LogP contribution in [0, 0.1) is 11.3 Å². The molecule has 3 aromatic heterocycles. The number of imidazole rings is 1. The first-order chi connectivity index (χ1) is 31.5. The van der Waals surface area contributed by atoms with Gasteiger partial charge in [-0.3, -0.25) is 9.36 Å². The fourth-order valence-electron chi connectivity index (χ4n) is 9.25. The van der Waals surface area contributed by atoms with Crippen molar-refractivity contribution in [3.8, 4) is 6.01 Å². The minimum atomic E-state index is -0.737. The highest BCUT2D eigenvalue weighted by atomic mass is 16.6. The van der Waals surface area contributed by atoms with Crippen LogP contribution in [0.3, 0.4) is 0 Å². The largest absolute Gasteiger partial charge is 0.459 e. The molecule has 8 rings (SSSR count). The second-order valence-electron chi connectivity index (χ2n) is 20.4. The molecule has 0 bridgehead atoms. The Balaban J connectivity index is 1.03. The first-order valence-corrected chi connectivity index (χ1v) is 23.5. The number of unbranched alkanes of at least 4 members (excludes halogenated alkanes) is 2. The van der Waals surface area contributed by atoms with Gasteiger partial charge < -0.3 is 33.3 Å². The Bertz CT molecular complexity index is 2660. The van der Waals surface area contributed by atoms with Gasteiger partial charge in [0.15, 0.2) is 11.4 Å². The second kappa shape index (κ2) is 19.3. The number of aromatic nitrogens is 4. The number of esters is 1. The van der Waals surface area contributed by atoms with E-state index in [1.807, 2.05) is 103 Å². The number of furan rings is 1. The number of carbonyl (C=O) groups excluding carboxylic acids is 3. The Labute approximate surface area is 387 Å². The van der Waals surface area contributed by atoms with Crippen molar-refractivity contribution < 1.29 is 33.0 Å². The average Bonchev–Trinajstić information content (AvgIpc) is 3.98. The van der Waals surface area contributed by atoms with Crippen LogP contribution >= 0.6 is 0 Å². The zero-order valence-electron chi connectivity index (χ0n) is 39.8. The number of benzene rings is 3. The highest BCUT2D eigenvalue weighted by molar-refractivity contribution is 6.06. The summed E-state index contributed by atoms with van der Waals surface area (Å²) in [5.74, 6) is 1.10. The lowest BCUT2D eigenvalue weighted by Crippen LogP contribution is -2.44. The van der Waals surface area contributed by atoms with Crippen molar-refractivity contribution in [1.29, 1.82) is 0 Å². The van der Waals surface area contributed by atoms with Crippen LogP contribution in [0.15, 0.2) is 83.3 Å². The van der Waals surface area contributed by atoms with Crippen LogP contribution in [0.5, 0.6) is 6.01 Å². The van der Waals surface area contributed by atoms with Gasteiger partial charge in [-0.15, -0.1) is 0 Å². The number of piperidine rings is 1. The lowest BCUT2D eigenvalue weighted by molar-refractivity contribution is -0.156. The summed E-state index contributed by atoms with van der Waals surface area (Å²) >= 11 is 0. The summed E-state index contributed by atoms with van der Waals surface area (Å²) in [6.07, 6.45) is 3.77. The summed E-state index contributed by atoms with van der Waals surface area (Å²) < 4.78 is 27.3. The van der Waals surface area contributed by atoms with Gasteiger partial charge in [-0.05, 0) is 81.2 Å². The van der Waals surface area contributed by atoms with Crippen LogP contribution in [-0.4, -0.2) is 98.3 Å². The molecule has 5 heterocycles. The Hall–Kier alpha value is -6.18. The minimum absolute atomic E-state index is 0.0405. The van der Waals surface area contributed by atoms with E-state index >= 15 is 0 Å². The predicted octanol–water partition coefficient (Wildman–Crippen LogP) is 9.92. The van der Waals surface area contributed by atoms with E-state index in [1.165, 1.54) is 0 Å². The van der Waals surface area contributed by atoms with E-state index < -0.39 is 17.7 Å². The zero-order chi connectivity index (χ0) is 46.8. The molecule has 14 nitrogen and oxygen atoms in total. The van der Waals surface area contributed by atoms with E-state index in [2.05, 4.69) is 38.3 Å². The van der Waals surface area contributed by atoms with Crippen molar-refractivity contribution in [3.05, 3.63) is 90.3 Å². The number of para-hydroxylation sites is 3. The number of carbonyl (C=O) groups is 3. The average molecular weight is 900 g/mol. The van der Waals surface area contributed by atoms with Crippen molar-refractivity contribution >= 4 is 56.9 Å². The third-order valence-corrected chi connectivity index (χ3v) is 12.4. The van der Waals surface area contributed by atoms with Gasteiger partial charge in [0.05, 0.1) is 17.6 Å². The molecule has 0 spiro atoms. The second-order valence-corrected chi connectivity index (χ2v) is 20.4. The quantitative estimate of drug-likeness (QED) is 0.0761. The minimum Gasteiger partial charge on any atom is -0.459 e. The number of hydrogen-bond donors (Lipinski definition) is 0. The molecule has 4 atom stereocenters. The number of amides is 2. The van der Waals surface area contributed by atoms with Crippen LogP contribution in [-0.2, 0) is 32.1 Å². The van der Waals surface area contributed by atoms with Gasteiger partial charge in [0.2, 0.25) is 5.91 Å². The molecule has 2 amide bonds. The number of likely N-dealkylation sites (tertiary alicyclic amines) is 1. The molecule has 2 fully saturated rings. The molecule has 0 saturated carbocycles. The molecular weight excluding hydrogens is 835 g/mol. The molecular formula is C52H65N7O7. The third-order valence-electron chi connectivity index (χ3n) is 12.4. The number of nitrogens with zero attached hydrogens (tertiary/aromatic N) is 7. The van der Waals surface area contributed by atoms with Gasteiger partial charge in [0.1, 0.15) is 41.3 Å². The van der Waals surface area contributed by atoms with Crippen LogP contribution in [0.1, 0.15) is 104 Å². The molecule has 0 radical (unpaired) electrons. The van der Waals surface area contributed by atoms with Crippen LogP contribution in [0.25, 0.3) is 33.1 Å². The normalized spacial score (nSPS) is 19.2. The fraction of sp³-hybridized carbons (Fsp3) is 0.500. The van der Waals surface area contributed by atoms with E-state index in [1.54, 1.807) is 11.9 Å². The van der Waals surface area contributed by atoms with Gasteiger partial charge in [-0.2, -0.15) is 4.98 Å². The molecule has 66 heavy (non-hydrogen) atoms. The SMILES string of the molecule is C[C@H]1CN(C(=O)CC(C)(C)C)CCC1n1c(O[C@H]2C[C@@H](C(=O)OC(C)(C)C)N(c3nc(CCCCCN(C)C(=O)OCc4ccccc4)nc4c3oc3ccccc34)C2)nc2ccccc21. The lowest BCUT2D eigenvalue weighted by atomic mass is 9.89. The number of rotatable bonds is 14. The van der Waals surface area contributed by atoms with E-state index in [9.17, 15) is 14.4 Å². The van der Waals surface area contributed by atoms with Crippen molar-refractivity contribution in [2.75, 3.05) is 38.1 Å². The molecule has 6 aromatic rings. The Morgan fingerprint density at radius 2 is 1.61 bits per heavy atom. The van der Waals surface area contributed by atoms with Crippen LogP contribution in [0.2, 0.25) is 0 Å². The molecule has 3 aromatic carbocycles. The topological polar surface area (TPSA) is 145 Å². The van der Waals surface area contributed by atoms with Crippen molar-refractivity contribution in [2.45, 2.75) is 124 Å². The Morgan fingerprint density at radius 1 is 0.864 bits per heavy atom. The fourth-order valence-corrected chi connectivity index (χ4v) is 9.25. The molecule has 14 heteroatoms. The van der Waals surface area contributed by atoms with Crippen LogP contribution < -0.4 is 9.64 Å².